The minimum Gasteiger partial charge on any atom is -0.328 e. The molecule has 0 saturated carbocycles. The van der Waals surface area contributed by atoms with E-state index in [4.69, 9.17) is 23.2 Å². The summed E-state index contributed by atoms with van der Waals surface area (Å²) in [5, 5.41) is 18.5. The zero-order valence-electron chi connectivity index (χ0n) is 14.1. The van der Waals surface area contributed by atoms with Crippen LogP contribution in [0.4, 0.5) is 5.69 Å². The Bertz CT molecular complexity index is 821. The van der Waals surface area contributed by atoms with E-state index in [9.17, 15) is 10.1 Å². The molecule has 0 aliphatic carbocycles. The molecule has 6 nitrogen and oxygen atoms in total. The normalized spacial score (nSPS) is 15.5. The van der Waals surface area contributed by atoms with Crippen LogP contribution in [0.25, 0.3) is 0 Å². The third-order valence-electron chi connectivity index (χ3n) is 4.40. The summed E-state index contributed by atoms with van der Waals surface area (Å²) in [7, 11) is 0. The molecular formula is C18H19Cl2N4O2+. The zero-order valence-corrected chi connectivity index (χ0v) is 15.6. The summed E-state index contributed by atoms with van der Waals surface area (Å²) in [6.07, 6.45) is 1.59. The standard InChI is InChI=1S/C18H18Cl2N4O2/c19-17-4-2-1-3-14(17)13-22-7-9-23(10-8-22)21-12-15-11-16(24(25)26)5-6-18(15)20/h1-6,11-12H,7-10,13H2/p+1/b21-12-. The van der Waals surface area contributed by atoms with Gasteiger partial charge in [-0.1, -0.05) is 41.4 Å². The van der Waals surface area contributed by atoms with Gasteiger partial charge in [-0.05, 0) is 12.1 Å². The molecule has 0 unspecified atom stereocenters. The Morgan fingerprint density at radius 2 is 1.88 bits per heavy atom. The zero-order chi connectivity index (χ0) is 18.5. The first-order valence-electron chi connectivity index (χ1n) is 8.33. The van der Waals surface area contributed by atoms with Gasteiger partial charge < -0.3 is 4.90 Å². The topological polar surface area (TPSA) is 63.2 Å². The Balaban J connectivity index is 1.57. The molecule has 1 heterocycles. The monoisotopic (exact) mass is 393 g/mol. The highest BCUT2D eigenvalue weighted by molar-refractivity contribution is 6.33. The smallest absolute Gasteiger partial charge is 0.270 e. The predicted octanol–water partition coefficient (Wildman–Crippen LogP) is 2.64. The quantitative estimate of drug-likeness (QED) is 0.482. The summed E-state index contributed by atoms with van der Waals surface area (Å²) < 4.78 is 0. The number of nitrogens with zero attached hydrogens (tertiary/aromatic N) is 3. The maximum absolute atomic E-state index is 10.9. The number of benzene rings is 2. The lowest BCUT2D eigenvalue weighted by atomic mass is 10.2. The molecule has 1 aliphatic rings. The lowest BCUT2D eigenvalue weighted by molar-refractivity contribution is -0.918. The predicted molar refractivity (Wildman–Crippen MR) is 103 cm³/mol. The third-order valence-corrected chi connectivity index (χ3v) is 5.11. The highest BCUT2D eigenvalue weighted by atomic mass is 35.5. The second-order valence-electron chi connectivity index (χ2n) is 6.18. The summed E-state index contributed by atoms with van der Waals surface area (Å²) in [5.74, 6) is 0. The van der Waals surface area contributed by atoms with Gasteiger partial charge in [0.15, 0.2) is 0 Å². The van der Waals surface area contributed by atoms with Crippen molar-refractivity contribution in [3.05, 3.63) is 73.8 Å². The molecule has 0 aromatic heterocycles. The molecule has 8 heteroatoms. The average Bonchev–Trinajstić information content (AvgIpc) is 2.64. The van der Waals surface area contributed by atoms with Gasteiger partial charge in [-0.2, -0.15) is 5.10 Å². The summed E-state index contributed by atoms with van der Waals surface area (Å²) >= 11 is 12.3. The highest BCUT2D eigenvalue weighted by Crippen LogP contribution is 2.20. The SMILES string of the molecule is O=[N+]([O-])c1ccc(Cl)c(/C=N\N2CC[NH+](Cc3ccccc3Cl)CC2)c1. The van der Waals surface area contributed by atoms with Crippen LogP contribution in [0.15, 0.2) is 47.6 Å². The third kappa shape index (κ3) is 4.72. The molecule has 0 bridgehead atoms. The lowest BCUT2D eigenvalue weighted by Gasteiger charge is -2.30. The number of hydrogen-bond acceptors (Lipinski definition) is 4. The van der Waals surface area contributed by atoms with Crippen LogP contribution in [0, 0.1) is 10.1 Å². The fourth-order valence-electron chi connectivity index (χ4n) is 2.90. The van der Waals surface area contributed by atoms with E-state index in [0.717, 1.165) is 43.3 Å². The van der Waals surface area contributed by atoms with Crippen LogP contribution in [0.5, 0.6) is 0 Å². The number of hydrazone groups is 1. The maximum atomic E-state index is 10.9. The second-order valence-corrected chi connectivity index (χ2v) is 6.99. The van der Waals surface area contributed by atoms with Crippen molar-refractivity contribution in [1.82, 2.24) is 5.01 Å². The van der Waals surface area contributed by atoms with Crippen LogP contribution in [-0.4, -0.2) is 42.3 Å². The van der Waals surface area contributed by atoms with Gasteiger partial charge in [-0.25, -0.2) is 0 Å². The Labute approximate surface area is 161 Å². The Morgan fingerprint density at radius 1 is 1.15 bits per heavy atom. The van der Waals surface area contributed by atoms with E-state index in [1.165, 1.54) is 23.1 Å². The molecule has 1 aliphatic heterocycles. The minimum absolute atomic E-state index is 0.00449. The molecule has 0 atom stereocenters. The van der Waals surface area contributed by atoms with E-state index >= 15 is 0 Å². The van der Waals surface area contributed by atoms with Gasteiger partial charge in [0.25, 0.3) is 5.69 Å². The van der Waals surface area contributed by atoms with E-state index in [1.54, 1.807) is 6.21 Å². The molecule has 2 aromatic rings. The van der Waals surface area contributed by atoms with Gasteiger partial charge >= 0.3 is 0 Å². The van der Waals surface area contributed by atoms with Crippen LogP contribution >= 0.6 is 23.2 Å². The van der Waals surface area contributed by atoms with Gasteiger partial charge in [0.2, 0.25) is 0 Å². The van der Waals surface area contributed by atoms with Crippen molar-refractivity contribution < 1.29 is 9.82 Å². The Hall–Kier alpha value is -2.15. The van der Waals surface area contributed by atoms with Crippen LogP contribution in [-0.2, 0) is 6.54 Å². The van der Waals surface area contributed by atoms with Gasteiger partial charge in [-0.3, -0.25) is 15.1 Å². The largest absolute Gasteiger partial charge is 0.328 e. The first kappa shape index (κ1) is 18.6. The Kier molecular flexibility index (Phi) is 6.08. The van der Waals surface area contributed by atoms with E-state index in [0.29, 0.717) is 10.6 Å². The van der Waals surface area contributed by atoms with Crippen molar-refractivity contribution in [2.75, 3.05) is 26.2 Å². The number of nitro groups is 1. The number of piperazine rings is 1. The van der Waals surface area contributed by atoms with E-state index in [-0.39, 0.29) is 5.69 Å². The van der Waals surface area contributed by atoms with Crippen molar-refractivity contribution in [3.63, 3.8) is 0 Å². The molecular weight excluding hydrogens is 375 g/mol. The maximum Gasteiger partial charge on any atom is 0.270 e. The first-order chi connectivity index (χ1) is 12.5. The van der Waals surface area contributed by atoms with Crippen molar-refractivity contribution >= 4 is 35.1 Å². The molecule has 1 N–H and O–H groups in total. The minimum atomic E-state index is -0.440. The second kappa shape index (κ2) is 8.49. The first-order valence-corrected chi connectivity index (χ1v) is 9.08. The van der Waals surface area contributed by atoms with Crippen LogP contribution < -0.4 is 4.90 Å². The molecule has 26 heavy (non-hydrogen) atoms. The molecule has 2 aromatic carbocycles. The molecule has 1 fully saturated rings. The van der Waals surface area contributed by atoms with Crippen LogP contribution in [0.3, 0.4) is 0 Å². The number of nitrogens with one attached hydrogen (secondary N) is 1. The van der Waals surface area contributed by atoms with Crippen molar-refractivity contribution in [2.45, 2.75) is 6.54 Å². The van der Waals surface area contributed by atoms with E-state index < -0.39 is 4.92 Å². The number of quaternary nitrogens is 1. The van der Waals surface area contributed by atoms with Gasteiger partial charge in [0.1, 0.15) is 6.54 Å². The lowest BCUT2D eigenvalue weighted by Crippen LogP contribution is -3.13. The highest BCUT2D eigenvalue weighted by Gasteiger charge is 2.19. The van der Waals surface area contributed by atoms with Crippen LogP contribution in [0.2, 0.25) is 10.0 Å². The number of nitro benzene ring substituents is 1. The van der Waals surface area contributed by atoms with Crippen molar-refractivity contribution in [3.8, 4) is 0 Å². The van der Waals surface area contributed by atoms with Crippen LogP contribution in [0.1, 0.15) is 11.1 Å². The van der Waals surface area contributed by atoms with E-state index in [1.807, 2.05) is 23.2 Å². The molecule has 0 amide bonds. The fourth-order valence-corrected chi connectivity index (χ4v) is 3.27. The Morgan fingerprint density at radius 3 is 2.58 bits per heavy atom. The summed E-state index contributed by atoms with van der Waals surface area (Å²) in [6, 6.07) is 12.3. The van der Waals surface area contributed by atoms with Crippen molar-refractivity contribution in [2.24, 2.45) is 5.10 Å². The summed E-state index contributed by atoms with van der Waals surface area (Å²) in [5.41, 5.74) is 1.71. The van der Waals surface area contributed by atoms with Gasteiger partial charge in [0, 0.05) is 33.3 Å². The summed E-state index contributed by atoms with van der Waals surface area (Å²) in [6.45, 7) is 4.41. The molecule has 136 valence electrons. The van der Waals surface area contributed by atoms with Gasteiger partial charge in [-0.15, -0.1) is 0 Å². The summed E-state index contributed by atoms with van der Waals surface area (Å²) in [4.78, 5) is 11.9. The number of rotatable bonds is 5. The van der Waals surface area contributed by atoms with E-state index in [2.05, 4.69) is 11.2 Å². The molecule has 0 radical (unpaired) electrons. The van der Waals surface area contributed by atoms with Gasteiger partial charge in [0.05, 0.1) is 37.3 Å². The number of non-ortho nitro benzene ring substituents is 1. The fraction of sp³-hybridized carbons (Fsp3) is 0.278. The van der Waals surface area contributed by atoms with Crippen molar-refractivity contribution in [1.29, 1.82) is 0 Å². The molecule has 1 saturated heterocycles. The average molecular weight is 394 g/mol. The number of hydrogen-bond donors (Lipinski definition) is 1. The molecule has 0 spiro atoms. The molecule has 3 rings (SSSR count). The number of halogens is 2.